The van der Waals surface area contributed by atoms with E-state index >= 15 is 0 Å². The predicted octanol–water partition coefficient (Wildman–Crippen LogP) is 4.31. The molecular weight excluding hydrogens is 338 g/mol. The number of halogens is 7. The number of hydrogen-bond donors (Lipinski definition) is 1. The summed E-state index contributed by atoms with van der Waals surface area (Å²) in [6, 6.07) is 1.73. The van der Waals surface area contributed by atoms with Gasteiger partial charge in [0, 0.05) is 6.20 Å². The largest absolute Gasteiger partial charge is 0.433 e. The van der Waals surface area contributed by atoms with E-state index < -0.39 is 28.8 Å². The lowest BCUT2D eigenvalue weighted by atomic mass is 10.3. The lowest BCUT2D eigenvalue weighted by Crippen LogP contribution is -2.10. The molecule has 2 aromatic rings. The summed E-state index contributed by atoms with van der Waals surface area (Å²) in [4.78, 5) is 9.94. The molecule has 0 fully saturated rings. The standard InChI is InChI=1S/C11H5ClF6N4/c12-8-6(10(13,14)15)4-20-9(22-8)21-5-1-2-7(19-3-5)11(16,17)18/h1-4H,(H,20,21,22). The van der Waals surface area contributed by atoms with Gasteiger partial charge in [0.2, 0.25) is 5.95 Å². The molecule has 0 aromatic carbocycles. The third kappa shape index (κ3) is 3.75. The molecule has 2 heterocycles. The summed E-state index contributed by atoms with van der Waals surface area (Å²) in [5, 5.41) is 1.57. The van der Waals surface area contributed by atoms with Crippen LogP contribution in [0.2, 0.25) is 5.15 Å². The minimum atomic E-state index is -4.70. The summed E-state index contributed by atoms with van der Waals surface area (Å²) in [5.74, 6) is -0.306. The first kappa shape index (κ1) is 16.3. The smallest absolute Gasteiger partial charge is 0.323 e. The highest BCUT2D eigenvalue weighted by molar-refractivity contribution is 6.30. The molecule has 0 radical (unpaired) electrons. The highest BCUT2D eigenvalue weighted by Crippen LogP contribution is 2.33. The molecule has 4 nitrogen and oxygen atoms in total. The van der Waals surface area contributed by atoms with E-state index in [1.807, 2.05) is 0 Å². The van der Waals surface area contributed by atoms with Gasteiger partial charge in [-0.05, 0) is 12.1 Å². The fourth-order valence-corrected chi connectivity index (χ4v) is 1.61. The monoisotopic (exact) mass is 342 g/mol. The molecule has 0 bridgehead atoms. The van der Waals surface area contributed by atoms with Crippen molar-refractivity contribution in [2.45, 2.75) is 12.4 Å². The molecule has 0 aliphatic carbocycles. The normalized spacial score (nSPS) is 12.3. The number of nitrogens with zero attached hydrogens (tertiary/aromatic N) is 3. The fraction of sp³-hybridized carbons (Fsp3) is 0.182. The highest BCUT2D eigenvalue weighted by atomic mass is 35.5. The van der Waals surface area contributed by atoms with Gasteiger partial charge in [0.25, 0.3) is 0 Å². The van der Waals surface area contributed by atoms with Gasteiger partial charge in [0.05, 0.1) is 11.9 Å². The molecule has 0 aliphatic rings. The Hall–Kier alpha value is -2.10. The van der Waals surface area contributed by atoms with Crippen LogP contribution in [0.15, 0.2) is 24.5 Å². The molecule has 2 rings (SSSR count). The minimum absolute atomic E-state index is 0.0591. The van der Waals surface area contributed by atoms with E-state index in [2.05, 4.69) is 20.3 Å². The van der Waals surface area contributed by atoms with Gasteiger partial charge in [-0.2, -0.15) is 26.3 Å². The predicted molar refractivity (Wildman–Crippen MR) is 64.6 cm³/mol. The Kier molecular flexibility index (Phi) is 4.14. The Morgan fingerprint density at radius 3 is 2.05 bits per heavy atom. The summed E-state index contributed by atoms with van der Waals surface area (Å²) in [6.45, 7) is 0. The van der Waals surface area contributed by atoms with Crippen LogP contribution in [0.1, 0.15) is 11.3 Å². The number of hydrogen-bond acceptors (Lipinski definition) is 4. The van der Waals surface area contributed by atoms with Crippen molar-refractivity contribution in [1.29, 1.82) is 0 Å². The summed E-state index contributed by atoms with van der Waals surface area (Å²) < 4.78 is 74.4. The SMILES string of the molecule is FC(F)(F)c1ccc(Nc2ncc(C(F)(F)F)c(Cl)n2)cn1. The van der Waals surface area contributed by atoms with E-state index in [0.29, 0.717) is 12.3 Å². The lowest BCUT2D eigenvalue weighted by Gasteiger charge is -2.10. The van der Waals surface area contributed by atoms with E-state index in [9.17, 15) is 26.3 Å². The Labute approximate surface area is 124 Å². The van der Waals surface area contributed by atoms with Crippen molar-refractivity contribution in [2.75, 3.05) is 5.32 Å². The molecule has 0 unspecified atom stereocenters. The van der Waals surface area contributed by atoms with Gasteiger partial charge in [-0.1, -0.05) is 11.6 Å². The van der Waals surface area contributed by atoms with Gasteiger partial charge in [-0.15, -0.1) is 0 Å². The molecular formula is C11H5ClF6N4. The van der Waals surface area contributed by atoms with E-state index in [1.54, 1.807) is 0 Å². The summed E-state index contributed by atoms with van der Waals surface area (Å²) >= 11 is 5.39. The van der Waals surface area contributed by atoms with E-state index in [4.69, 9.17) is 11.6 Å². The van der Waals surface area contributed by atoms with Crippen LogP contribution in [0.3, 0.4) is 0 Å². The average molecular weight is 343 g/mol. The number of anilines is 2. The third-order valence-electron chi connectivity index (χ3n) is 2.36. The first-order chi connectivity index (χ1) is 10.1. The highest BCUT2D eigenvalue weighted by Gasteiger charge is 2.35. The van der Waals surface area contributed by atoms with Crippen molar-refractivity contribution in [3.05, 3.63) is 40.9 Å². The van der Waals surface area contributed by atoms with Crippen molar-refractivity contribution in [3.63, 3.8) is 0 Å². The molecule has 22 heavy (non-hydrogen) atoms. The molecule has 0 saturated carbocycles. The van der Waals surface area contributed by atoms with Crippen LogP contribution in [0.5, 0.6) is 0 Å². The van der Waals surface area contributed by atoms with Crippen LogP contribution in [0, 0.1) is 0 Å². The maximum atomic E-state index is 12.5. The molecule has 0 saturated heterocycles. The van der Waals surface area contributed by atoms with Crippen LogP contribution in [-0.4, -0.2) is 15.0 Å². The van der Waals surface area contributed by atoms with Crippen molar-refractivity contribution >= 4 is 23.2 Å². The zero-order valence-corrected chi connectivity index (χ0v) is 11.1. The lowest BCUT2D eigenvalue weighted by molar-refractivity contribution is -0.141. The molecule has 2 aromatic heterocycles. The number of alkyl halides is 6. The Bertz CT molecular complexity index is 668. The number of aromatic nitrogens is 3. The van der Waals surface area contributed by atoms with Crippen molar-refractivity contribution in [3.8, 4) is 0 Å². The molecule has 1 N–H and O–H groups in total. The van der Waals surface area contributed by atoms with Crippen molar-refractivity contribution < 1.29 is 26.3 Å². The maximum Gasteiger partial charge on any atom is 0.433 e. The van der Waals surface area contributed by atoms with Crippen LogP contribution < -0.4 is 5.32 Å². The Balaban J connectivity index is 2.19. The van der Waals surface area contributed by atoms with Crippen molar-refractivity contribution in [1.82, 2.24) is 15.0 Å². The molecule has 0 amide bonds. The van der Waals surface area contributed by atoms with E-state index in [-0.39, 0.29) is 11.6 Å². The van der Waals surface area contributed by atoms with Crippen LogP contribution in [0.25, 0.3) is 0 Å². The zero-order valence-electron chi connectivity index (χ0n) is 10.3. The van der Waals surface area contributed by atoms with Gasteiger partial charge in [-0.25, -0.2) is 15.0 Å². The van der Waals surface area contributed by atoms with Gasteiger partial charge in [-0.3, -0.25) is 0 Å². The van der Waals surface area contributed by atoms with Gasteiger partial charge in [0.15, 0.2) is 0 Å². The molecule has 0 aliphatic heterocycles. The van der Waals surface area contributed by atoms with E-state index in [1.165, 1.54) is 0 Å². The number of pyridine rings is 1. The van der Waals surface area contributed by atoms with Crippen LogP contribution in [-0.2, 0) is 12.4 Å². The number of rotatable bonds is 2. The van der Waals surface area contributed by atoms with Crippen molar-refractivity contribution in [2.24, 2.45) is 0 Å². The third-order valence-corrected chi connectivity index (χ3v) is 2.65. The molecule has 0 atom stereocenters. The minimum Gasteiger partial charge on any atom is -0.323 e. The second-order valence-corrected chi connectivity index (χ2v) is 4.31. The Morgan fingerprint density at radius 2 is 1.59 bits per heavy atom. The molecule has 118 valence electrons. The summed E-state index contributed by atoms with van der Waals surface area (Å²) in [6.07, 6.45) is -7.98. The zero-order chi connectivity index (χ0) is 16.5. The maximum absolute atomic E-state index is 12.5. The van der Waals surface area contributed by atoms with E-state index in [0.717, 1.165) is 12.3 Å². The quantitative estimate of drug-likeness (QED) is 0.653. The van der Waals surface area contributed by atoms with Gasteiger partial charge >= 0.3 is 12.4 Å². The summed E-state index contributed by atoms with van der Waals surface area (Å²) in [7, 11) is 0. The Morgan fingerprint density at radius 1 is 0.909 bits per heavy atom. The number of nitrogens with one attached hydrogen (secondary N) is 1. The van der Waals surface area contributed by atoms with Gasteiger partial charge < -0.3 is 5.32 Å². The fourth-order valence-electron chi connectivity index (χ4n) is 1.38. The topological polar surface area (TPSA) is 50.7 Å². The second-order valence-electron chi connectivity index (χ2n) is 3.95. The average Bonchev–Trinajstić information content (AvgIpc) is 2.36. The molecule has 0 spiro atoms. The van der Waals surface area contributed by atoms with Crippen LogP contribution >= 0.6 is 11.6 Å². The summed E-state index contributed by atoms with van der Waals surface area (Å²) in [5.41, 5.74) is -2.27. The first-order valence-electron chi connectivity index (χ1n) is 5.47. The van der Waals surface area contributed by atoms with Gasteiger partial charge in [0.1, 0.15) is 16.4 Å². The van der Waals surface area contributed by atoms with Crippen LogP contribution in [0.4, 0.5) is 38.0 Å². The second kappa shape index (κ2) is 5.59. The first-order valence-corrected chi connectivity index (χ1v) is 5.85. The molecule has 11 heteroatoms.